The van der Waals surface area contributed by atoms with Crippen LogP contribution in [0.2, 0.25) is 0 Å². The summed E-state index contributed by atoms with van der Waals surface area (Å²) < 4.78 is 39.0. The Kier molecular flexibility index (Phi) is 7.86. The van der Waals surface area contributed by atoms with Crippen molar-refractivity contribution >= 4 is 0 Å². The van der Waals surface area contributed by atoms with Crippen molar-refractivity contribution in [1.82, 2.24) is 0 Å². The molecule has 0 N–H and O–H groups in total. The van der Waals surface area contributed by atoms with Crippen LogP contribution in [0.25, 0.3) is 11.1 Å². The molecule has 32 heavy (non-hydrogen) atoms. The predicted molar refractivity (Wildman–Crippen MR) is 120 cm³/mol. The second kappa shape index (κ2) is 11.0. The summed E-state index contributed by atoms with van der Waals surface area (Å²) in [6.07, 6.45) is 0.518. The summed E-state index contributed by atoms with van der Waals surface area (Å²) in [7, 11) is 1.64. The molecule has 4 atom stereocenters. The Morgan fingerprint density at radius 2 is 1.34 bits per heavy atom. The fourth-order valence-corrected chi connectivity index (χ4v) is 3.10. The van der Waals surface area contributed by atoms with E-state index in [1.807, 2.05) is 56.3 Å². The van der Waals surface area contributed by atoms with E-state index in [1.54, 1.807) is 7.11 Å². The minimum absolute atomic E-state index is 0.0193. The third kappa shape index (κ3) is 7.10. The Morgan fingerprint density at radius 3 is 1.91 bits per heavy atom. The molecule has 2 aliphatic rings. The fourth-order valence-electron chi connectivity index (χ4n) is 3.10. The van der Waals surface area contributed by atoms with Crippen LogP contribution in [0.4, 0.5) is 0 Å². The van der Waals surface area contributed by atoms with E-state index in [0.717, 1.165) is 30.1 Å². The Hall–Kier alpha value is -2.32. The lowest BCUT2D eigenvalue weighted by molar-refractivity contribution is 0.0235. The highest BCUT2D eigenvalue weighted by Crippen LogP contribution is 2.33. The molecule has 4 rings (SSSR count). The van der Waals surface area contributed by atoms with E-state index in [-0.39, 0.29) is 24.4 Å². The Bertz CT molecular complexity index is 846. The SMILES string of the molecule is COc1cc(-c2ccc(OCC(C)OCC3CO3)cc2)ccc1OCC(C)OCC1CO1. The first-order valence-electron chi connectivity index (χ1n) is 11.1. The molecule has 0 spiro atoms. The maximum atomic E-state index is 5.91. The monoisotopic (exact) mass is 444 g/mol. The molecule has 4 unspecified atom stereocenters. The lowest BCUT2D eigenvalue weighted by Gasteiger charge is -2.16. The maximum Gasteiger partial charge on any atom is 0.161 e. The predicted octanol–water partition coefficient (Wildman–Crippen LogP) is 3.73. The van der Waals surface area contributed by atoms with Gasteiger partial charge in [-0.15, -0.1) is 0 Å². The highest BCUT2D eigenvalue weighted by Gasteiger charge is 2.24. The minimum Gasteiger partial charge on any atom is -0.493 e. The first kappa shape index (κ1) is 22.9. The van der Waals surface area contributed by atoms with Crippen LogP contribution in [-0.2, 0) is 18.9 Å². The number of benzene rings is 2. The Morgan fingerprint density at radius 1 is 0.781 bits per heavy atom. The van der Waals surface area contributed by atoms with Crippen molar-refractivity contribution in [3.05, 3.63) is 42.5 Å². The summed E-state index contributed by atoms with van der Waals surface area (Å²) in [5, 5.41) is 0. The third-order valence-electron chi connectivity index (χ3n) is 5.25. The molecule has 0 bridgehead atoms. The van der Waals surface area contributed by atoms with E-state index < -0.39 is 0 Å². The van der Waals surface area contributed by atoms with Crippen LogP contribution in [0.15, 0.2) is 42.5 Å². The first-order valence-corrected chi connectivity index (χ1v) is 11.1. The normalized spacial score (nSPS) is 21.0. The van der Waals surface area contributed by atoms with Gasteiger partial charge in [-0.1, -0.05) is 18.2 Å². The van der Waals surface area contributed by atoms with Gasteiger partial charge in [-0.2, -0.15) is 0 Å². The summed E-state index contributed by atoms with van der Waals surface area (Å²) in [5.41, 5.74) is 2.11. The summed E-state index contributed by atoms with van der Waals surface area (Å²) in [6, 6.07) is 13.9. The molecule has 0 aromatic heterocycles. The van der Waals surface area contributed by atoms with Gasteiger partial charge in [-0.25, -0.2) is 0 Å². The topological polar surface area (TPSA) is 71.2 Å². The van der Waals surface area contributed by atoms with Crippen LogP contribution in [-0.4, -0.2) is 71.2 Å². The van der Waals surface area contributed by atoms with Crippen molar-refractivity contribution in [3.63, 3.8) is 0 Å². The van der Waals surface area contributed by atoms with E-state index in [0.29, 0.717) is 37.9 Å². The molecule has 2 aliphatic heterocycles. The van der Waals surface area contributed by atoms with Gasteiger partial charge in [0.2, 0.25) is 0 Å². The highest BCUT2D eigenvalue weighted by molar-refractivity contribution is 5.67. The molecule has 7 heteroatoms. The summed E-state index contributed by atoms with van der Waals surface area (Å²) in [6.45, 7) is 7.78. The largest absolute Gasteiger partial charge is 0.493 e. The maximum absolute atomic E-state index is 5.91. The van der Waals surface area contributed by atoms with Gasteiger partial charge in [0.25, 0.3) is 0 Å². The minimum atomic E-state index is -0.0220. The van der Waals surface area contributed by atoms with E-state index in [4.69, 9.17) is 33.2 Å². The van der Waals surface area contributed by atoms with Crippen LogP contribution in [0, 0.1) is 0 Å². The van der Waals surface area contributed by atoms with Crippen LogP contribution in [0.3, 0.4) is 0 Å². The van der Waals surface area contributed by atoms with Crippen molar-refractivity contribution < 1.29 is 33.2 Å². The summed E-state index contributed by atoms with van der Waals surface area (Å²) >= 11 is 0. The highest BCUT2D eigenvalue weighted by atomic mass is 16.6. The lowest BCUT2D eigenvalue weighted by atomic mass is 10.0. The van der Waals surface area contributed by atoms with Gasteiger partial charge in [-0.3, -0.25) is 0 Å². The van der Waals surface area contributed by atoms with Crippen LogP contribution >= 0.6 is 0 Å². The number of hydrogen-bond acceptors (Lipinski definition) is 7. The molecule has 174 valence electrons. The molecule has 2 heterocycles. The Labute approximate surface area is 189 Å². The molecular formula is C25H32O7. The second-order valence-corrected chi connectivity index (χ2v) is 8.21. The molecule has 0 aliphatic carbocycles. The second-order valence-electron chi connectivity index (χ2n) is 8.21. The average molecular weight is 445 g/mol. The van der Waals surface area contributed by atoms with Crippen molar-refractivity contribution in [2.24, 2.45) is 0 Å². The average Bonchev–Trinajstić information content (AvgIpc) is 3.74. The third-order valence-corrected chi connectivity index (χ3v) is 5.25. The Balaban J connectivity index is 1.28. The zero-order valence-corrected chi connectivity index (χ0v) is 19.0. The van der Waals surface area contributed by atoms with E-state index in [2.05, 4.69) is 0 Å². The summed E-state index contributed by atoms with van der Waals surface area (Å²) in [5.74, 6) is 2.19. The van der Waals surface area contributed by atoms with E-state index in [1.165, 1.54) is 0 Å². The molecule has 2 saturated heterocycles. The first-order chi connectivity index (χ1) is 15.6. The lowest BCUT2D eigenvalue weighted by Crippen LogP contribution is -2.20. The number of methoxy groups -OCH3 is 1. The van der Waals surface area contributed by atoms with Gasteiger partial charge in [0.1, 0.15) is 31.2 Å². The van der Waals surface area contributed by atoms with Crippen molar-refractivity contribution in [2.75, 3.05) is 46.8 Å². The molecule has 0 saturated carbocycles. The zero-order chi connectivity index (χ0) is 22.3. The van der Waals surface area contributed by atoms with E-state index >= 15 is 0 Å². The molecule has 7 nitrogen and oxygen atoms in total. The van der Waals surface area contributed by atoms with Gasteiger partial charge >= 0.3 is 0 Å². The molecule has 2 aromatic carbocycles. The van der Waals surface area contributed by atoms with Gasteiger partial charge in [0, 0.05) is 0 Å². The molecule has 0 radical (unpaired) electrons. The number of rotatable bonds is 14. The van der Waals surface area contributed by atoms with Crippen molar-refractivity contribution in [1.29, 1.82) is 0 Å². The quantitative estimate of drug-likeness (QED) is 0.411. The summed E-state index contributed by atoms with van der Waals surface area (Å²) in [4.78, 5) is 0. The van der Waals surface area contributed by atoms with Crippen molar-refractivity contribution in [2.45, 2.75) is 38.3 Å². The van der Waals surface area contributed by atoms with Gasteiger partial charge in [0.05, 0.1) is 45.7 Å². The zero-order valence-electron chi connectivity index (χ0n) is 19.0. The molecule has 2 aromatic rings. The van der Waals surface area contributed by atoms with E-state index in [9.17, 15) is 0 Å². The smallest absolute Gasteiger partial charge is 0.161 e. The van der Waals surface area contributed by atoms with Crippen LogP contribution < -0.4 is 14.2 Å². The van der Waals surface area contributed by atoms with Gasteiger partial charge in [-0.05, 0) is 49.2 Å². The van der Waals surface area contributed by atoms with Gasteiger partial charge in [0.15, 0.2) is 11.5 Å². The number of hydrogen-bond donors (Lipinski definition) is 0. The standard InChI is InChI=1S/C25H32O7/c1-17(27-13-22-15-30-22)11-29-21-7-4-19(5-8-21)20-6-9-24(25(10-20)26-3)32-12-18(2)28-14-23-16-31-23/h4-10,17-18,22-23H,11-16H2,1-3H3. The number of epoxide rings is 2. The van der Waals surface area contributed by atoms with Crippen LogP contribution in [0.1, 0.15) is 13.8 Å². The fraction of sp³-hybridized carbons (Fsp3) is 0.520. The van der Waals surface area contributed by atoms with Crippen molar-refractivity contribution in [3.8, 4) is 28.4 Å². The molecule has 0 amide bonds. The van der Waals surface area contributed by atoms with Crippen LogP contribution in [0.5, 0.6) is 17.2 Å². The van der Waals surface area contributed by atoms with Gasteiger partial charge < -0.3 is 33.2 Å². The number of ether oxygens (including phenoxy) is 7. The molecule has 2 fully saturated rings. The molecular weight excluding hydrogens is 412 g/mol.